The van der Waals surface area contributed by atoms with E-state index in [-0.39, 0.29) is 19.6 Å². The Labute approximate surface area is 122 Å². The lowest BCUT2D eigenvalue weighted by atomic mass is 9.65. The molecule has 0 amide bonds. The van der Waals surface area contributed by atoms with Gasteiger partial charge in [-0.3, -0.25) is 0 Å². The molecule has 0 aromatic heterocycles. The predicted octanol–water partition coefficient (Wildman–Crippen LogP) is 2.01. The summed E-state index contributed by atoms with van der Waals surface area (Å²) in [6.07, 6.45) is -0.346. The molecular weight excluding hydrogens is 279 g/mol. The van der Waals surface area contributed by atoms with Gasteiger partial charge in [-0.05, 0) is 5.56 Å². The van der Waals surface area contributed by atoms with Crippen LogP contribution in [0.15, 0.2) is 30.3 Å². The van der Waals surface area contributed by atoms with Crippen molar-refractivity contribution in [3.8, 4) is 0 Å². The number of hydrogen-bond acceptors (Lipinski definition) is 4. The average Bonchev–Trinajstić information content (AvgIpc) is 2.49. The van der Waals surface area contributed by atoms with Crippen molar-refractivity contribution in [3.63, 3.8) is 0 Å². The molecule has 6 heteroatoms. The van der Waals surface area contributed by atoms with E-state index in [0.29, 0.717) is 0 Å². The van der Waals surface area contributed by atoms with E-state index >= 15 is 0 Å². The number of methoxy groups -OCH3 is 2. The van der Waals surface area contributed by atoms with E-state index in [2.05, 4.69) is 0 Å². The van der Waals surface area contributed by atoms with Crippen molar-refractivity contribution in [2.75, 3.05) is 20.8 Å². The highest BCUT2D eigenvalue weighted by atomic mass is 19.1. The minimum Gasteiger partial charge on any atom is -0.479 e. The van der Waals surface area contributed by atoms with E-state index in [4.69, 9.17) is 19.3 Å². The summed E-state index contributed by atoms with van der Waals surface area (Å²) in [5.41, 5.74) is -1.46. The first-order valence-electron chi connectivity index (χ1n) is 6.63. The third kappa shape index (κ3) is 2.79. The summed E-state index contributed by atoms with van der Waals surface area (Å²) in [5, 5.41) is 9.06. The molecule has 2 rings (SSSR count). The first-order chi connectivity index (χ1) is 9.98. The summed E-state index contributed by atoms with van der Waals surface area (Å²) in [4.78, 5) is 11.1. The van der Waals surface area contributed by atoms with Crippen LogP contribution in [-0.2, 0) is 25.6 Å². The molecule has 0 radical (unpaired) electrons. The van der Waals surface area contributed by atoms with Crippen molar-refractivity contribution in [1.82, 2.24) is 0 Å². The van der Waals surface area contributed by atoms with Gasteiger partial charge in [-0.1, -0.05) is 30.3 Å². The van der Waals surface area contributed by atoms with Gasteiger partial charge in [-0.2, -0.15) is 0 Å². The zero-order chi connectivity index (χ0) is 15.5. The molecule has 1 aromatic rings. The number of ether oxygens (including phenoxy) is 3. The molecule has 1 N–H and O–H groups in total. The summed E-state index contributed by atoms with van der Waals surface area (Å²) in [7, 11) is 2.74. The van der Waals surface area contributed by atoms with Gasteiger partial charge >= 0.3 is 5.97 Å². The summed E-state index contributed by atoms with van der Waals surface area (Å²) in [6.45, 7) is 0.177. The lowest BCUT2D eigenvalue weighted by Gasteiger charge is -2.53. The van der Waals surface area contributed by atoms with Gasteiger partial charge in [0.05, 0.1) is 19.1 Å². The molecule has 0 aliphatic heterocycles. The number of aliphatic carboxylic acids is 1. The number of carbonyl (C=O) groups is 1. The Morgan fingerprint density at radius 3 is 2.48 bits per heavy atom. The van der Waals surface area contributed by atoms with Gasteiger partial charge in [-0.15, -0.1) is 0 Å². The molecule has 1 aliphatic carbocycles. The second-order valence-corrected chi connectivity index (χ2v) is 5.12. The van der Waals surface area contributed by atoms with Crippen molar-refractivity contribution < 1.29 is 28.5 Å². The number of hydrogen-bond donors (Lipinski definition) is 1. The molecular formula is C15H19FO5. The fourth-order valence-corrected chi connectivity index (χ4v) is 2.69. The quantitative estimate of drug-likeness (QED) is 0.780. The smallest absolute Gasteiger partial charge is 0.342 e. The van der Waals surface area contributed by atoms with Gasteiger partial charge in [-0.25, -0.2) is 9.18 Å². The third-order valence-corrected chi connectivity index (χ3v) is 4.03. The Morgan fingerprint density at radius 2 is 1.95 bits per heavy atom. The summed E-state index contributed by atoms with van der Waals surface area (Å²) in [5.74, 6) is -3.77. The lowest BCUT2D eigenvalue weighted by molar-refractivity contribution is -0.343. The Kier molecular flexibility index (Phi) is 4.61. The largest absolute Gasteiger partial charge is 0.479 e. The van der Waals surface area contributed by atoms with Crippen LogP contribution in [0.3, 0.4) is 0 Å². The van der Waals surface area contributed by atoms with Gasteiger partial charge in [0.15, 0.2) is 5.79 Å². The molecule has 0 unspecified atom stereocenters. The zero-order valence-corrected chi connectivity index (χ0v) is 12.0. The standard InChI is InChI=1S/C15H19FO5/c1-19-15(20-2)10-14(16,13(17)18)12(15)9-21-8-11-6-4-3-5-7-11/h3-7,12H,8-10H2,1-2H3,(H,17,18)/t12-,14+/m0/s1. The summed E-state index contributed by atoms with van der Waals surface area (Å²) in [6, 6.07) is 9.37. The van der Waals surface area contributed by atoms with Crippen molar-refractivity contribution in [2.45, 2.75) is 24.5 Å². The molecule has 0 heterocycles. The first kappa shape index (κ1) is 15.9. The van der Waals surface area contributed by atoms with Crippen LogP contribution >= 0.6 is 0 Å². The molecule has 0 saturated heterocycles. The minimum absolute atomic E-state index is 0.0978. The number of benzene rings is 1. The highest BCUT2D eigenvalue weighted by Gasteiger charge is 2.70. The van der Waals surface area contributed by atoms with Crippen molar-refractivity contribution in [2.24, 2.45) is 5.92 Å². The van der Waals surface area contributed by atoms with Crippen LogP contribution in [0, 0.1) is 5.92 Å². The zero-order valence-electron chi connectivity index (χ0n) is 12.0. The Morgan fingerprint density at radius 1 is 1.33 bits per heavy atom. The highest BCUT2D eigenvalue weighted by molar-refractivity contribution is 5.80. The van der Waals surface area contributed by atoms with E-state index in [1.165, 1.54) is 14.2 Å². The van der Waals surface area contributed by atoms with E-state index in [1.54, 1.807) is 0 Å². The van der Waals surface area contributed by atoms with Gasteiger partial charge in [0.25, 0.3) is 0 Å². The molecule has 2 atom stereocenters. The topological polar surface area (TPSA) is 65.0 Å². The van der Waals surface area contributed by atoms with Gasteiger partial charge in [0.2, 0.25) is 5.67 Å². The van der Waals surface area contributed by atoms with Crippen LogP contribution in [-0.4, -0.2) is 43.4 Å². The Balaban J connectivity index is 2.01. The maximum Gasteiger partial charge on any atom is 0.342 e. The highest BCUT2D eigenvalue weighted by Crippen LogP contribution is 2.52. The summed E-state index contributed by atoms with van der Waals surface area (Å²) >= 11 is 0. The maximum atomic E-state index is 14.4. The van der Waals surface area contributed by atoms with Gasteiger partial charge < -0.3 is 19.3 Å². The molecule has 0 spiro atoms. The maximum absolute atomic E-state index is 14.4. The second-order valence-electron chi connectivity index (χ2n) is 5.12. The monoisotopic (exact) mass is 298 g/mol. The molecule has 116 valence electrons. The molecule has 1 aliphatic rings. The first-order valence-corrected chi connectivity index (χ1v) is 6.63. The van der Waals surface area contributed by atoms with Crippen LogP contribution in [0.1, 0.15) is 12.0 Å². The molecule has 1 aromatic carbocycles. The van der Waals surface area contributed by atoms with E-state index < -0.39 is 23.3 Å². The van der Waals surface area contributed by atoms with Crippen molar-refractivity contribution >= 4 is 5.97 Å². The Hall–Kier alpha value is -1.50. The molecule has 21 heavy (non-hydrogen) atoms. The lowest BCUT2D eigenvalue weighted by Crippen LogP contribution is -2.70. The number of rotatable bonds is 7. The van der Waals surface area contributed by atoms with E-state index in [9.17, 15) is 9.18 Å². The van der Waals surface area contributed by atoms with Gasteiger partial charge in [0.1, 0.15) is 0 Å². The van der Waals surface area contributed by atoms with Crippen molar-refractivity contribution in [1.29, 1.82) is 0 Å². The fourth-order valence-electron chi connectivity index (χ4n) is 2.69. The average molecular weight is 298 g/mol. The SMILES string of the molecule is COC1(OC)C[C@](F)(C(=O)O)[C@@H]1COCc1ccccc1. The van der Waals surface area contributed by atoms with Crippen LogP contribution in [0.4, 0.5) is 4.39 Å². The normalized spacial score (nSPS) is 27.1. The van der Waals surface area contributed by atoms with E-state index in [1.807, 2.05) is 30.3 Å². The predicted molar refractivity (Wildman–Crippen MR) is 72.4 cm³/mol. The minimum atomic E-state index is -2.39. The fraction of sp³-hybridized carbons (Fsp3) is 0.533. The van der Waals surface area contributed by atoms with Crippen LogP contribution < -0.4 is 0 Å². The second kappa shape index (κ2) is 6.09. The van der Waals surface area contributed by atoms with Crippen LogP contribution in [0.25, 0.3) is 0 Å². The Bertz CT molecular complexity index is 488. The van der Waals surface area contributed by atoms with E-state index in [0.717, 1.165) is 5.56 Å². The molecule has 5 nitrogen and oxygen atoms in total. The molecule has 1 fully saturated rings. The summed E-state index contributed by atoms with van der Waals surface area (Å²) < 4.78 is 30.3. The van der Waals surface area contributed by atoms with Gasteiger partial charge in [0, 0.05) is 20.6 Å². The molecule has 1 saturated carbocycles. The molecule has 0 bridgehead atoms. The number of alkyl halides is 1. The van der Waals surface area contributed by atoms with Crippen LogP contribution in [0.5, 0.6) is 0 Å². The van der Waals surface area contributed by atoms with Crippen molar-refractivity contribution in [3.05, 3.63) is 35.9 Å². The number of halogens is 1. The van der Waals surface area contributed by atoms with Crippen LogP contribution in [0.2, 0.25) is 0 Å². The third-order valence-electron chi connectivity index (χ3n) is 4.03. The number of carboxylic acid groups (broad SMARTS) is 1. The number of carboxylic acids is 1.